The predicted molar refractivity (Wildman–Crippen MR) is 62.0 cm³/mol. The van der Waals surface area contributed by atoms with Crippen LogP contribution >= 0.6 is 0 Å². The van der Waals surface area contributed by atoms with Crippen molar-refractivity contribution in [1.29, 1.82) is 0 Å². The number of nitrogens with zero attached hydrogens (tertiary/aromatic N) is 1. The van der Waals surface area contributed by atoms with Gasteiger partial charge in [0.15, 0.2) is 6.29 Å². The van der Waals surface area contributed by atoms with Crippen molar-refractivity contribution in [3.63, 3.8) is 0 Å². The molecule has 0 aromatic heterocycles. The van der Waals surface area contributed by atoms with E-state index in [1.165, 1.54) is 12.1 Å². The van der Waals surface area contributed by atoms with Crippen molar-refractivity contribution in [2.24, 2.45) is 0 Å². The van der Waals surface area contributed by atoms with Crippen molar-refractivity contribution in [2.45, 2.75) is 6.92 Å². The maximum atomic E-state index is 11.4. The van der Waals surface area contributed by atoms with Gasteiger partial charge in [-0.05, 0) is 25.0 Å². The van der Waals surface area contributed by atoms with Crippen molar-refractivity contribution in [2.75, 3.05) is 6.61 Å². The number of esters is 1. The molecular formula is C12H9NO5. The van der Waals surface area contributed by atoms with Gasteiger partial charge in [-0.25, -0.2) is 4.79 Å². The SMILES string of the molecule is CCOC(=O)c1ccc(C#CC=O)c([N+](=O)[O-])c1. The molecule has 0 bridgehead atoms. The Kier molecular flexibility index (Phi) is 4.58. The van der Waals surface area contributed by atoms with E-state index in [1.807, 2.05) is 0 Å². The third-order valence-electron chi connectivity index (χ3n) is 1.97. The van der Waals surface area contributed by atoms with E-state index in [2.05, 4.69) is 11.8 Å². The first-order valence-corrected chi connectivity index (χ1v) is 5.01. The zero-order valence-electron chi connectivity index (χ0n) is 9.50. The molecule has 0 heterocycles. The molecule has 1 aromatic carbocycles. The fourth-order valence-corrected chi connectivity index (χ4v) is 1.24. The second-order valence-electron chi connectivity index (χ2n) is 3.10. The lowest BCUT2D eigenvalue weighted by Gasteiger charge is -2.02. The smallest absolute Gasteiger partial charge is 0.338 e. The van der Waals surface area contributed by atoms with Crippen LogP contribution in [0.2, 0.25) is 0 Å². The van der Waals surface area contributed by atoms with E-state index in [4.69, 9.17) is 4.74 Å². The van der Waals surface area contributed by atoms with Crippen LogP contribution in [-0.2, 0) is 9.53 Å². The molecule has 0 spiro atoms. The average molecular weight is 247 g/mol. The normalized spacial score (nSPS) is 8.94. The van der Waals surface area contributed by atoms with E-state index in [0.717, 1.165) is 6.07 Å². The van der Waals surface area contributed by atoms with Crippen molar-refractivity contribution in [1.82, 2.24) is 0 Å². The van der Waals surface area contributed by atoms with E-state index >= 15 is 0 Å². The summed E-state index contributed by atoms with van der Waals surface area (Å²) < 4.78 is 4.73. The van der Waals surface area contributed by atoms with E-state index in [9.17, 15) is 19.7 Å². The fourth-order valence-electron chi connectivity index (χ4n) is 1.24. The molecule has 0 radical (unpaired) electrons. The third kappa shape index (κ3) is 3.15. The summed E-state index contributed by atoms with van der Waals surface area (Å²) >= 11 is 0. The number of rotatable bonds is 3. The number of hydrogen-bond acceptors (Lipinski definition) is 5. The van der Waals surface area contributed by atoms with Gasteiger partial charge in [-0.15, -0.1) is 0 Å². The van der Waals surface area contributed by atoms with E-state index in [-0.39, 0.29) is 23.4 Å². The second-order valence-corrected chi connectivity index (χ2v) is 3.10. The molecule has 0 fully saturated rings. The molecular weight excluding hydrogens is 238 g/mol. The van der Waals surface area contributed by atoms with Gasteiger partial charge in [-0.1, -0.05) is 5.92 Å². The summed E-state index contributed by atoms with van der Waals surface area (Å²) in [4.78, 5) is 31.7. The summed E-state index contributed by atoms with van der Waals surface area (Å²) in [5, 5.41) is 10.8. The number of carbonyl (C=O) groups excluding carboxylic acids is 2. The van der Waals surface area contributed by atoms with Crippen LogP contribution in [0.4, 0.5) is 5.69 Å². The average Bonchev–Trinajstić information content (AvgIpc) is 2.36. The molecule has 0 atom stereocenters. The number of ether oxygens (including phenoxy) is 1. The van der Waals surface area contributed by atoms with Gasteiger partial charge in [-0.2, -0.15) is 0 Å². The molecule has 6 heteroatoms. The first-order chi connectivity index (χ1) is 8.60. The lowest BCUT2D eigenvalue weighted by atomic mass is 10.1. The highest BCUT2D eigenvalue weighted by Crippen LogP contribution is 2.20. The Morgan fingerprint density at radius 3 is 2.83 bits per heavy atom. The Bertz CT molecular complexity index is 553. The van der Waals surface area contributed by atoms with Crippen LogP contribution in [0.25, 0.3) is 0 Å². The second kappa shape index (κ2) is 6.15. The number of carbonyl (C=O) groups is 2. The molecule has 0 saturated carbocycles. The maximum Gasteiger partial charge on any atom is 0.338 e. The minimum atomic E-state index is -0.669. The zero-order valence-corrected chi connectivity index (χ0v) is 9.50. The summed E-state index contributed by atoms with van der Waals surface area (Å²) in [6.45, 7) is 1.82. The summed E-state index contributed by atoms with van der Waals surface area (Å²) in [6.07, 6.45) is 0.336. The highest BCUT2D eigenvalue weighted by molar-refractivity contribution is 5.90. The summed E-state index contributed by atoms with van der Waals surface area (Å²) in [6, 6.07) is 3.74. The largest absolute Gasteiger partial charge is 0.462 e. The highest BCUT2D eigenvalue weighted by atomic mass is 16.6. The van der Waals surface area contributed by atoms with Crippen LogP contribution in [0.1, 0.15) is 22.8 Å². The van der Waals surface area contributed by atoms with Crippen LogP contribution in [0.5, 0.6) is 0 Å². The molecule has 6 nitrogen and oxygen atoms in total. The fraction of sp³-hybridized carbons (Fsp3) is 0.167. The van der Waals surface area contributed by atoms with Gasteiger partial charge in [0.2, 0.25) is 0 Å². The van der Waals surface area contributed by atoms with Crippen molar-refractivity contribution in [3.8, 4) is 11.8 Å². The Labute approximate surface area is 103 Å². The van der Waals surface area contributed by atoms with Gasteiger partial charge >= 0.3 is 5.97 Å². The Hall–Kier alpha value is -2.68. The van der Waals surface area contributed by atoms with Gasteiger partial charge in [0.05, 0.1) is 17.1 Å². The minimum Gasteiger partial charge on any atom is -0.462 e. The topological polar surface area (TPSA) is 86.5 Å². The number of benzene rings is 1. The van der Waals surface area contributed by atoms with Crippen LogP contribution in [-0.4, -0.2) is 23.8 Å². The van der Waals surface area contributed by atoms with Crippen LogP contribution in [0, 0.1) is 22.0 Å². The molecule has 18 heavy (non-hydrogen) atoms. The van der Waals surface area contributed by atoms with Gasteiger partial charge in [0.1, 0.15) is 5.56 Å². The van der Waals surface area contributed by atoms with Crippen molar-refractivity contribution >= 4 is 17.9 Å². The molecule has 0 saturated heterocycles. The monoisotopic (exact) mass is 247 g/mol. The summed E-state index contributed by atoms with van der Waals surface area (Å²) in [5.41, 5.74) is -0.199. The first kappa shape index (κ1) is 13.4. The van der Waals surface area contributed by atoms with Gasteiger partial charge in [0, 0.05) is 6.07 Å². The van der Waals surface area contributed by atoms with Crippen molar-refractivity contribution in [3.05, 3.63) is 39.4 Å². The molecule has 0 aliphatic heterocycles. The molecule has 1 rings (SSSR count). The van der Waals surface area contributed by atoms with E-state index < -0.39 is 10.9 Å². The highest BCUT2D eigenvalue weighted by Gasteiger charge is 2.16. The summed E-state index contributed by atoms with van der Waals surface area (Å²) in [5.74, 6) is 3.77. The van der Waals surface area contributed by atoms with E-state index in [0.29, 0.717) is 6.29 Å². The molecule has 1 aromatic rings. The quantitative estimate of drug-likeness (QED) is 0.264. The van der Waals surface area contributed by atoms with Crippen LogP contribution in [0.3, 0.4) is 0 Å². The zero-order chi connectivity index (χ0) is 13.5. The molecule has 0 N–H and O–H groups in total. The van der Waals surface area contributed by atoms with Crippen LogP contribution in [0.15, 0.2) is 18.2 Å². The molecule has 92 valence electrons. The number of nitro benzene ring substituents is 1. The lowest BCUT2D eigenvalue weighted by molar-refractivity contribution is -0.385. The number of aldehydes is 1. The molecule has 0 amide bonds. The van der Waals surface area contributed by atoms with Gasteiger partial charge in [-0.3, -0.25) is 14.9 Å². The molecule has 0 unspecified atom stereocenters. The predicted octanol–water partition coefficient (Wildman–Crippen LogP) is 1.32. The minimum absolute atomic E-state index is 0.0696. The molecule has 0 aliphatic rings. The number of hydrogen-bond donors (Lipinski definition) is 0. The Morgan fingerprint density at radius 2 is 2.28 bits per heavy atom. The Balaban J connectivity index is 3.23. The van der Waals surface area contributed by atoms with Gasteiger partial charge in [0.25, 0.3) is 5.69 Å². The maximum absolute atomic E-state index is 11.4. The van der Waals surface area contributed by atoms with Gasteiger partial charge < -0.3 is 4.74 Å². The van der Waals surface area contributed by atoms with E-state index in [1.54, 1.807) is 6.92 Å². The Morgan fingerprint density at radius 1 is 1.56 bits per heavy atom. The number of nitro groups is 1. The van der Waals surface area contributed by atoms with Crippen LogP contribution < -0.4 is 0 Å². The molecule has 0 aliphatic carbocycles. The lowest BCUT2D eigenvalue weighted by Crippen LogP contribution is -2.05. The first-order valence-electron chi connectivity index (χ1n) is 5.01. The summed E-state index contributed by atoms with van der Waals surface area (Å²) in [7, 11) is 0. The van der Waals surface area contributed by atoms with Crippen molar-refractivity contribution < 1.29 is 19.2 Å². The third-order valence-corrected chi connectivity index (χ3v) is 1.97. The standard InChI is InChI=1S/C12H9NO5/c1-2-18-12(15)10-6-5-9(4-3-7-14)11(8-10)13(16)17/h5-8H,2H2,1H3.